The van der Waals surface area contributed by atoms with Crippen LogP contribution in [0.15, 0.2) is 48.5 Å². The first-order chi connectivity index (χ1) is 14.1. The van der Waals surface area contributed by atoms with Crippen LogP contribution in [0.4, 0.5) is 0 Å². The summed E-state index contributed by atoms with van der Waals surface area (Å²) >= 11 is 11.5. The van der Waals surface area contributed by atoms with Crippen molar-refractivity contribution < 1.29 is 9.47 Å². The van der Waals surface area contributed by atoms with Gasteiger partial charge in [-0.05, 0) is 65.5 Å². The molecular formula is C23H30O2S4. The van der Waals surface area contributed by atoms with Gasteiger partial charge in [-0.25, -0.2) is 0 Å². The third-order valence-electron chi connectivity index (χ3n) is 5.11. The molecule has 6 heteroatoms. The van der Waals surface area contributed by atoms with E-state index in [1.807, 2.05) is 35.3 Å². The average Bonchev–Trinajstić information content (AvgIpc) is 2.79. The van der Waals surface area contributed by atoms with Crippen LogP contribution < -0.4 is 9.47 Å². The number of ether oxygens (including phenoxy) is 2. The van der Waals surface area contributed by atoms with Gasteiger partial charge in [-0.3, -0.25) is 0 Å². The lowest BCUT2D eigenvalue weighted by molar-refractivity contribution is 0.414. The summed E-state index contributed by atoms with van der Waals surface area (Å²) in [4.78, 5) is 0. The van der Waals surface area contributed by atoms with E-state index in [-0.39, 0.29) is 8.16 Å². The second-order valence-corrected chi connectivity index (χ2v) is 12.1. The van der Waals surface area contributed by atoms with Crippen LogP contribution in [0.25, 0.3) is 0 Å². The van der Waals surface area contributed by atoms with E-state index < -0.39 is 0 Å². The van der Waals surface area contributed by atoms with Crippen molar-refractivity contribution in [3.63, 3.8) is 0 Å². The molecule has 1 aliphatic heterocycles. The van der Waals surface area contributed by atoms with Gasteiger partial charge in [0.25, 0.3) is 0 Å². The topological polar surface area (TPSA) is 18.5 Å². The molecule has 1 fully saturated rings. The molecule has 0 N–H and O–H groups in total. The highest BCUT2D eigenvalue weighted by Crippen LogP contribution is 2.67. The zero-order valence-corrected chi connectivity index (χ0v) is 20.7. The molecule has 29 heavy (non-hydrogen) atoms. The molecule has 0 aromatic heterocycles. The molecule has 1 heterocycles. The van der Waals surface area contributed by atoms with Gasteiger partial charge in [-0.15, -0.1) is 35.3 Å². The Kier molecular flexibility index (Phi) is 8.49. The lowest BCUT2D eigenvalue weighted by Gasteiger charge is -2.49. The smallest absolute Gasteiger partial charge is 0.118 e. The number of thioether (sulfide) groups is 3. The quantitative estimate of drug-likeness (QED) is 0.242. The maximum absolute atomic E-state index is 5.48. The molecule has 0 amide bonds. The standard InChI is InChI=1S/C23H30O2S4/c1-4-5-15-27-22(26,18-7-11-20(24-2)12-8-18)23(28-16-6-17-29-23)19-9-13-21(25-3)14-10-19/h7-14,26H,4-6,15-17H2,1-3H3. The van der Waals surface area contributed by atoms with Gasteiger partial charge >= 0.3 is 0 Å². The van der Waals surface area contributed by atoms with Crippen LogP contribution in [0.1, 0.15) is 37.3 Å². The minimum absolute atomic E-state index is 0.173. The Morgan fingerprint density at radius 1 is 0.966 bits per heavy atom. The van der Waals surface area contributed by atoms with E-state index in [4.69, 9.17) is 22.1 Å². The van der Waals surface area contributed by atoms with Gasteiger partial charge in [0.15, 0.2) is 0 Å². The number of thiol groups is 1. The number of unbranched alkanes of at least 4 members (excludes halogenated alkanes) is 1. The van der Waals surface area contributed by atoms with E-state index in [9.17, 15) is 0 Å². The summed E-state index contributed by atoms with van der Waals surface area (Å²) in [5, 5.41) is 0. The monoisotopic (exact) mass is 466 g/mol. The number of methoxy groups -OCH3 is 2. The van der Waals surface area contributed by atoms with Crippen LogP contribution in [0.2, 0.25) is 0 Å². The van der Waals surface area contributed by atoms with Gasteiger partial charge in [0.2, 0.25) is 0 Å². The molecule has 0 radical (unpaired) electrons. The first-order valence-corrected chi connectivity index (χ1v) is 13.4. The molecule has 0 spiro atoms. The first-order valence-electron chi connectivity index (χ1n) is 10.0. The predicted molar refractivity (Wildman–Crippen MR) is 135 cm³/mol. The molecule has 0 bridgehead atoms. The molecule has 0 saturated carbocycles. The predicted octanol–water partition coefficient (Wildman–Crippen LogP) is 7.04. The Morgan fingerprint density at radius 3 is 2.03 bits per heavy atom. The summed E-state index contributed by atoms with van der Waals surface area (Å²) in [6, 6.07) is 17.1. The highest BCUT2D eigenvalue weighted by Gasteiger charge is 2.53. The lowest BCUT2D eigenvalue weighted by atomic mass is 10.0. The summed E-state index contributed by atoms with van der Waals surface area (Å²) in [6.45, 7) is 2.25. The molecular weight excluding hydrogens is 437 g/mol. The van der Waals surface area contributed by atoms with Crippen molar-refractivity contribution in [2.24, 2.45) is 0 Å². The van der Waals surface area contributed by atoms with Gasteiger partial charge in [-0.1, -0.05) is 37.6 Å². The Hall–Kier alpha value is -0.560. The third kappa shape index (κ3) is 4.86. The minimum atomic E-state index is -0.362. The van der Waals surface area contributed by atoms with Crippen LogP contribution in [0.3, 0.4) is 0 Å². The van der Waals surface area contributed by atoms with E-state index >= 15 is 0 Å². The largest absolute Gasteiger partial charge is 0.497 e. The van der Waals surface area contributed by atoms with E-state index in [0.717, 1.165) is 28.8 Å². The fourth-order valence-corrected chi connectivity index (χ4v) is 9.84. The van der Waals surface area contributed by atoms with Gasteiger partial charge in [0, 0.05) is 0 Å². The molecule has 1 unspecified atom stereocenters. The summed E-state index contributed by atoms with van der Waals surface area (Å²) in [6.07, 6.45) is 3.62. The third-order valence-corrected chi connectivity index (χ3v) is 11.7. The van der Waals surface area contributed by atoms with Crippen LogP contribution in [0.5, 0.6) is 11.5 Å². The Labute approximate surface area is 193 Å². The highest BCUT2D eigenvalue weighted by atomic mass is 32.2. The zero-order chi connectivity index (χ0) is 20.7. The van der Waals surface area contributed by atoms with E-state index in [2.05, 4.69) is 55.5 Å². The number of hydrogen-bond donors (Lipinski definition) is 1. The summed E-state index contributed by atoms with van der Waals surface area (Å²) < 4.78 is 10.3. The second-order valence-electron chi connectivity index (χ2n) is 6.97. The Balaban J connectivity index is 2.10. The summed E-state index contributed by atoms with van der Waals surface area (Å²) in [5.74, 6) is 5.15. The van der Waals surface area contributed by atoms with Gasteiger partial charge in [0.05, 0.1) is 14.2 Å². The van der Waals surface area contributed by atoms with Crippen molar-refractivity contribution in [3.05, 3.63) is 59.7 Å². The SMILES string of the molecule is CCCCSC(S)(c1ccc(OC)cc1)C1(c2ccc(OC)cc2)SCCCS1. The molecule has 2 aromatic rings. The van der Waals surface area contributed by atoms with Crippen LogP contribution in [-0.2, 0) is 8.16 Å². The number of rotatable bonds is 9. The van der Waals surface area contributed by atoms with Crippen molar-refractivity contribution in [2.75, 3.05) is 31.5 Å². The minimum Gasteiger partial charge on any atom is -0.497 e. The summed E-state index contributed by atoms with van der Waals surface area (Å²) in [5.41, 5.74) is 2.54. The molecule has 158 valence electrons. The molecule has 1 aliphatic rings. The average molecular weight is 467 g/mol. The van der Waals surface area contributed by atoms with E-state index in [1.54, 1.807) is 14.2 Å². The fourth-order valence-electron chi connectivity index (χ4n) is 3.45. The van der Waals surface area contributed by atoms with Gasteiger partial charge < -0.3 is 9.47 Å². The molecule has 0 aliphatic carbocycles. The van der Waals surface area contributed by atoms with Crippen molar-refractivity contribution in [1.82, 2.24) is 0 Å². The normalized spacial score (nSPS) is 18.1. The van der Waals surface area contributed by atoms with Crippen molar-refractivity contribution >= 4 is 47.9 Å². The molecule has 2 nitrogen and oxygen atoms in total. The zero-order valence-electron chi connectivity index (χ0n) is 17.3. The fraction of sp³-hybridized carbons (Fsp3) is 0.478. The first kappa shape index (κ1) is 23.1. The highest BCUT2D eigenvalue weighted by molar-refractivity contribution is 8.22. The van der Waals surface area contributed by atoms with Crippen molar-refractivity contribution in [3.8, 4) is 11.5 Å². The van der Waals surface area contributed by atoms with E-state index in [1.165, 1.54) is 30.4 Å². The molecule has 1 atom stereocenters. The number of benzene rings is 2. The van der Waals surface area contributed by atoms with Crippen molar-refractivity contribution in [1.29, 1.82) is 0 Å². The maximum Gasteiger partial charge on any atom is 0.118 e. The molecule has 2 aromatic carbocycles. The Bertz CT molecular complexity index is 757. The Morgan fingerprint density at radius 2 is 1.52 bits per heavy atom. The van der Waals surface area contributed by atoms with Crippen LogP contribution in [0, 0.1) is 0 Å². The molecule has 1 saturated heterocycles. The molecule has 3 rings (SSSR count). The van der Waals surface area contributed by atoms with Gasteiger partial charge in [-0.2, -0.15) is 12.6 Å². The lowest BCUT2D eigenvalue weighted by Crippen LogP contribution is -2.40. The number of hydrogen-bond acceptors (Lipinski definition) is 6. The second kappa shape index (κ2) is 10.7. The van der Waals surface area contributed by atoms with E-state index in [0.29, 0.717) is 0 Å². The van der Waals surface area contributed by atoms with Gasteiger partial charge in [0.1, 0.15) is 19.7 Å². The van der Waals surface area contributed by atoms with Crippen LogP contribution in [-0.4, -0.2) is 31.5 Å². The van der Waals surface area contributed by atoms with Crippen LogP contribution >= 0.6 is 47.9 Å². The maximum atomic E-state index is 5.48. The van der Waals surface area contributed by atoms with Crippen molar-refractivity contribution in [2.45, 2.75) is 34.3 Å². The summed E-state index contributed by atoms with van der Waals surface area (Å²) in [7, 11) is 3.43.